The van der Waals surface area contributed by atoms with E-state index in [2.05, 4.69) is 32.0 Å². The summed E-state index contributed by atoms with van der Waals surface area (Å²) >= 11 is 0. The van der Waals surface area contributed by atoms with E-state index in [1.54, 1.807) is 0 Å². The summed E-state index contributed by atoms with van der Waals surface area (Å²) in [7, 11) is 0. The molecule has 0 saturated carbocycles. The van der Waals surface area contributed by atoms with E-state index in [1.165, 1.54) is 11.1 Å². The molecule has 19 heavy (non-hydrogen) atoms. The van der Waals surface area contributed by atoms with Crippen LogP contribution in [0.3, 0.4) is 0 Å². The van der Waals surface area contributed by atoms with Crippen LogP contribution < -0.4 is 0 Å². The van der Waals surface area contributed by atoms with Crippen molar-refractivity contribution in [3.8, 4) is 0 Å². The van der Waals surface area contributed by atoms with Gasteiger partial charge in [0, 0.05) is 6.42 Å². The topological polar surface area (TPSA) is 17.1 Å². The second-order valence-electron chi connectivity index (χ2n) is 5.02. The standard InChI is InChI=1S/C18H20O/c1-4-17(19)18(15-8-6-5-7-9-15)16-11-10-13(2)12-14(16)3/h5-12,18H,4H2,1-3H3. The monoisotopic (exact) mass is 252 g/mol. The molecule has 0 fully saturated rings. The van der Waals surface area contributed by atoms with E-state index in [4.69, 9.17) is 0 Å². The van der Waals surface area contributed by atoms with Gasteiger partial charge < -0.3 is 0 Å². The smallest absolute Gasteiger partial charge is 0.144 e. The minimum Gasteiger partial charge on any atom is -0.299 e. The summed E-state index contributed by atoms with van der Waals surface area (Å²) in [6.45, 7) is 6.10. The fourth-order valence-corrected chi connectivity index (χ4v) is 2.54. The minimum atomic E-state index is -0.133. The molecule has 0 aliphatic carbocycles. The molecular formula is C18H20O. The molecule has 98 valence electrons. The summed E-state index contributed by atoms with van der Waals surface area (Å²) in [5.74, 6) is 0.143. The molecule has 0 heterocycles. The van der Waals surface area contributed by atoms with Gasteiger partial charge in [-0.3, -0.25) is 4.79 Å². The summed E-state index contributed by atoms with van der Waals surface area (Å²) in [4.78, 5) is 12.4. The van der Waals surface area contributed by atoms with Crippen molar-refractivity contribution in [3.05, 3.63) is 70.8 Å². The second-order valence-corrected chi connectivity index (χ2v) is 5.02. The molecule has 1 nitrogen and oxygen atoms in total. The van der Waals surface area contributed by atoms with Crippen LogP contribution in [0.2, 0.25) is 0 Å². The summed E-state index contributed by atoms with van der Waals surface area (Å²) in [6.07, 6.45) is 0.562. The largest absolute Gasteiger partial charge is 0.299 e. The molecule has 1 unspecified atom stereocenters. The van der Waals surface area contributed by atoms with Gasteiger partial charge in [0.2, 0.25) is 0 Å². The molecule has 2 aromatic rings. The van der Waals surface area contributed by atoms with E-state index < -0.39 is 0 Å². The summed E-state index contributed by atoms with van der Waals surface area (Å²) in [6, 6.07) is 16.4. The van der Waals surface area contributed by atoms with Crippen molar-refractivity contribution >= 4 is 5.78 Å². The zero-order valence-corrected chi connectivity index (χ0v) is 11.8. The Morgan fingerprint density at radius 3 is 2.32 bits per heavy atom. The number of hydrogen-bond acceptors (Lipinski definition) is 1. The molecule has 2 aromatic carbocycles. The molecule has 0 aliphatic heterocycles. The summed E-state index contributed by atoms with van der Waals surface area (Å²) in [5.41, 5.74) is 4.64. The number of carbonyl (C=O) groups is 1. The first-order valence-corrected chi connectivity index (χ1v) is 6.78. The number of Topliss-reactive ketones (excluding diaryl/α,β-unsaturated/α-hetero) is 1. The zero-order chi connectivity index (χ0) is 13.8. The van der Waals surface area contributed by atoms with Crippen LogP contribution in [0.15, 0.2) is 48.5 Å². The highest BCUT2D eigenvalue weighted by Crippen LogP contribution is 2.29. The number of rotatable bonds is 4. The second kappa shape index (κ2) is 5.83. The Morgan fingerprint density at radius 1 is 1.05 bits per heavy atom. The Morgan fingerprint density at radius 2 is 1.74 bits per heavy atom. The van der Waals surface area contributed by atoms with E-state index in [0.717, 1.165) is 11.1 Å². The Balaban J connectivity index is 2.52. The Labute approximate surface area is 115 Å². The van der Waals surface area contributed by atoms with Crippen molar-refractivity contribution in [1.82, 2.24) is 0 Å². The van der Waals surface area contributed by atoms with Crippen LogP contribution in [0.5, 0.6) is 0 Å². The molecule has 1 heteroatoms. The first-order chi connectivity index (χ1) is 9.13. The number of carbonyl (C=O) groups excluding carboxylic acids is 1. The molecule has 0 aromatic heterocycles. The maximum absolute atomic E-state index is 12.4. The predicted molar refractivity (Wildman–Crippen MR) is 79.5 cm³/mol. The number of aryl methyl sites for hydroxylation is 2. The molecule has 0 saturated heterocycles. The minimum absolute atomic E-state index is 0.133. The lowest BCUT2D eigenvalue weighted by Crippen LogP contribution is -2.14. The van der Waals surface area contributed by atoms with Crippen LogP contribution in [0.4, 0.5) is 0 Å². The third kappa shape index (κ3) is 2.93. The fraction of sp³-hybridized carbons (Fsp3) is 0.278. The number of ketones is 1. The lowest BCUT2D eigenvalue weighted by molar-refractivity contribution is -0.119. The normalized spacial score (nSPS) is 12.2. The van der Waals surface area contributed by atoms with Crippen molar-refractivity contribution < 1.29 is 4.79 Å². The van der Waals surface area contributed by atoms with Gasteiger partial charge in [-0.15, -0.1) is 0 Å². The Kier molecular flexibility index (Phi) is 4.16. The lowest BCUT2D eigenvalue weighted by Gasteiger charge is -2.19. The van der Waals surface area contributed by atoms with Crippen molar-refractivity contribution in [3.63, 3.8) is 0 Å². The highest BCUT2D eigenvalue weighted by molar-refractivity contribution is 5.89. The van der Waals surface area contributed by atoms with Gasteiger partial charge in [0.25, 0.3) is 0 Å². The van der Waals surface area contributed by atoms with Gasteiger partial charge >= 0.3 is 0 Å². The van der Waals surface area contributed by atoms with Gasteiger partial charge in [0.05, 0.1) is 5.92 Å². The van der Waals surface area contributed by atoms with Gasteiger partial charge in [-0.2, -0.15) is 0 Å². The van der Waals surface area contributed by atoms with Crippen molar-refractivity contribution in [2.24, 2.45) is 0 Å². The molecule has 1 atom stereocenters. The SMILES string of the molecule is CCC(=O)C(c1ccccc1)c1ccc(C)cc1C. The molecule has 0 amide bonds. The molecule has 0 spiro atoms. The maximum atomic E-state index is 12.4. The Bertz CT molecular complexity index is 569. The van der Waals surface area contributed by atoms with Crippen LogP contribution in [-0.2, 0) is 4.79 Å². The molecule has 0 aliphatic rings. The maximum Gasteiger partial charge on any atom is 0.144 e. The van der Waals surface area contributed by atoms with Crippen LogP contribution in [0.25, 0.3) is 0 Å². The molecule has 2 rings (SSSR count). The average Bonchev–Trinajstić information content (AvgIpc) is 2.42. The molecule has 0 bridgehead atoms. The van der Waals surface area contributed by atoms with Crippen molar-refractivity contribution in [1.29, 1.82) is 0 Å². The van der Waals surface area contributed by atoms with Gasteiger partial charge in [-0.25, -0.2) is 0 Å². The van der Waals surface area contributed by atoms with E-state index in [1.807, 2.05) is 37.3 Å². The number of benzene rings is 2. The first-order valence-electron chi connectivity index (χ1n) is 6.78. The molecule has 0 N–H and O–H groups in total. The third-order valence-corrected chi connectivity index (χ3v) is 3.54. The van der Waals surface area contributed by atoms with E-state index in [9.17, 15) is 4.79 Å². The van der Waals surface area contributed by atoms with Gasteiger partial charge in [0.1, 0.15) is 5.78 Å². The van der Waals surface area contributed by atoms with Crippen molar-refractivity contribution in [2.75, 3.05) is 0 Å². The summed E-state index contributed by atoms with van der Waals surface area (Å²) in [5, 5.41) is 0. The molecular weight excluding hydrogens is 232 g/mol. The molecule has 0 radical (unpaired) electrons. The quantitative estimate of drug-likeness (QED) is 0.787. The fourth-order valence-electron chi connectivity index (χ4n) is 2.54. The van der Waals surface area contributed by atoms with Crippen LogP contribution in [0.1, 0.15) is 41.5 Å². The van der Waals surface area contributed by atoms with Gasteiger partial charge in [-0.1, -0.05) is 61.0 Å². The average molecular weight is 252 g/mol. The highest BCUT2D eigenvalue weighted by atomic mass is 16.1. The predicted octanol–water partition coefficient (Wildman–Crippen LogP) is 4.41. The third-order valence-electron chi connectivity index (χ3n) is 3.54. The van der Waals surface area contributed by atoms with Crippen molar-refractivity contribution in [2.45, 2.75) is 33.1 Å². The van der Waals surface area contributed by atoms with E-state index in [-0.39, 0.29) is 11.7 Å². The first kappa shape index (κ1) is 13.5. The Hall–Kier alpha value is -1.89. The van der Waals surface area contributed by atoms with Crippen LogP contribution in [0, 0.1) is 13.8 Å². The van der Waals surface area contributed by atoms with Gasteiger partial charge in [-0.05, 0) is 30.5 Å². The zero-order valence-electron chi connectivity index (χ0n) is 11.8. The van der Waals surface area contributed by atoms with E-state index in [0.29, 0.717) is 6.42 Å². The highest BCUT2D eigenvalue weighted by Gasteiger charge is 2.22. The van der Waals surface area contributed by atoms with Crippen LogP contribution in [-0.4, -0.2) is 5.78 Å². The van der Waals surface area contributed by atoms with Gasteiger partial charge in [0.15, 0.2) is 0 Å². The van der Waals surface area contributed by atoms with E-state index >= 15 is 0 Å². The number of hydrogen-bond donors (Lipinski definition) is 0. The summed E-state index contributed by atoms with van der Waals surface area (Å²) < 4.78 is 0. The van der Waals surface area contributed by atoms with Crippen LogP contribution >= 0.6 is 0 Å². The lowest BCUT2D eigenvalue weighted by atomic mass is 9.84.